The van der Waals surface area contributed by atoms with E-state index in [0.717, 1.165) is 0 Å². The van der Waals surface area contributed by atoms with Crippen molar-refractivity contribution in [3.05, 3.63) is 71.8 Å². The van der Waals surface area contributed by atoms with Gasteiger partial charge in [0.25, 0.3) is 0 Å². The molecular formula is C37H42O12. The summed E-state index contributed by atoms with van der Waals surface area (Å²) in [7, 11) is 0. The number of hydrogen-bond acceptors (Lipinski definition) is 12. The molecule has 5 fully saturated rings. The van der Waals surface area contributed by atoms with Gasteiger partial charge in [-0.25, -0.2) is 9.59 Å². The number of carbonyl (C=O) groups excluding carboxylic acids is 4. The molecule has 7 rings (SSSR count). The van der Waals surface area contributed by atoms with E-state index in [0.29, 0.717) is 12.0 Å². The minimum absolute atomic E-state index is 0.0727. The molecule has 0 amide bonds. The molecule has 12 unspecified atom stereocenters. The van der Waals surface area contributed by atoms with Gasteiger partial charge in [0, 0.05) is 24.7 Å². The fourth-order valence-corrected chi connectivity index (χ4v) is 9.65. The van der Waals surface area contributed by atoms with E-state index < -0.39 is 101 Å². The summed E-state index contributed by atoms with van der Waals surface area (Å²) in [4.78, 5) is 53.3. The highest BCUT2D eigenvalue weighted by Gasteiger charge is 2.85. The first-order valence-corrected chi connectivity index (χ1v) is 16.7. The van der Waals surface area contributed by atoms with Crippen LogP contribution in [0.3, 0.4) is 0 Å². The largest absolute Gasteiger partial charge is 0.458 e. The van der Waals surface area contributed by atoms with Crippen molar-refractivity contribution in [2.45, 2.75) is 96.2 Å². The number of ether oxygens (including phenoxy) is 7. The number of carbonyl (C=O) groups is 4. The van der Waals surface area contributed by atoms with Crippen LogP contribution in [0.25, 0.3) is 0 Å². The molecular weight excluding hydrogens is 636 g/mol. The molecule has 0 aromatic heterocycles. The van der Waals surface area contributed by atoms with Gasteiger partial charge < -0.3 is 38.3 Å². The zero-order valence-electron chi connectivity index (χ0n) is 28.3. The van der Waals surface area contributed by atoms with E-state index in [2.05, 4.69) is 0 Å². The third kappa shape index (κ3) is 5.17. The smallest absolute Gasteiger partial charge is 0.338 e. The first kappa shape index (κ1) is 33.6. The van der Waals surface area contributed by atoms with Crippen LogP contribution < -0.4 is 0 Å². The van der Waals surface area contributed by atoms with Gasteiger partial charge in [-0.1, -0.05) is 57.2 Å². The van der Waals surface area contributed by atoms with E-state index in [9.17, 15) is 24.3 Å². The van der Waals surface area contributed by atoms with Crippen molar-refractivity contribution < 1.29 is 57.4 Å². The zero-order valence-corrected chi connectivity index (χ0v) is 28.3. The van der Waals surface area contributed by atoms with Crippen molar-refractivity contribution in [1.82, 2.24) is 0 Å². The summed E-state index contributed by atoms with van der Waals surface area (Å²) in [5, 5.41) is 11.4. The molecule has 2 aromatic rings. The van der Waals surface area contributed by atoms with Crippen LogP contribution >= 0.6 is 0 Å². The van der Waals surface area contributed by atoms with Crippen molar-refractivity contribution >= 4 is 23.9 Å². The number of benzene rings is 2. The standard InChI is InChI=1S/C37H42O12/c1-19(38)44-28-30(45-20(2)39)34(3,4)24-17-25-37(48-25)29(35(24,5)31(28)47-33(42)22-15-11-8-12-16-22)27(26-23(40)18-43-36(26,6)49-37)46-32(41)21-13-9-7-10-14-21/h7-16,23-31,40H,17-18H2,1-6H3. The molecule has 1 N–H and O–H groups in total. The lowest BCUT2D eigenvalue weighted by molar-refractivity contribution is -0.373. The lowest BCUT2D eigenvalue weighted by Crippen LogP contribution is -2.76. The van der Waals surface area contributed by atoms with Gasteiger partial charge in [0.1, 0.15) is 24.4 Å². The predicted octanol–water partition coefficient (Wildman–Crippen LogP) is 3.83. The van der Waals surface area contributed by atoms with Crippen LogP contribution in [-0.2, 0) is 42.7 Å². The van der Waals surface area contributed by atoms with Crippen LogP contribution in [0.2, 0.25) is 0 Å². The van der Waals surface area contributed by atoms with E-state index >= 15 is 0 Å². The first-order valence-electron chi connectivity index (χ1n) is 16.7. The van der Waals surface area contributed by atoms with Crippen LogP contribution in [-0.4, -0.2) is 83.8 Å². The summed E-state index contributed by atoms with van der Waals surface area (Å²) in [6.07, 6.45) is -5.86. The molecule has 2 saturated carbocycles. The molecule has 12 atom stereocenters. The molecule has 1 spiro atoms. The van der Waals surface area contributed by atoms with Crippen molar-refractivity contribution in [1.29, 1.82) is 0 Å². The topological polar surface area (TPSA) is 156 Å². The molecule has 2 aromatic carbocycles. The highest BCUT2D eigenvalue weighted by molar-refractivity contribution is 5.90. The highest BCUT2D eigenvalue weighted by Crippen LogP contribution is 2.73. The summed E-state index contributed by atoms with van der Waals surface area (Å²) in [5.41, 5.74) is -1.59. The summed E-state index contributed by atoms with van der Waals surface area (Å²) in [5.74, 6) is -7.55. The normalized spacial score (nSPS) is 41.1. The average Bonchev–Trinajstić information content (AvgIpc) is 3.65. The molecule has 12 nitrogen and oxygen atoms in total. The second kappa shape index (κ2) is 11.6. The van der Waals surface area contributed by atoms with Crippen LogP contribution in [0.4, 0.5) is 0 Å². The summed E-state index contributed by atoms with van der Waals surface area (Å²) in [6, 6.07) is 16.9. The summed E-state index contributed by atoms with van der Waals surface area (Å²) >= 11 is 0. The second-order valence-corrected chi connectivity index (χ2v) is 14.8. The van der Waals surface area contributed by atoms with E-state index in [4.69, 9.17) is 33.2 Å². The predicted molar refractivity (Wildman–Crippen MR) is 168 cm³/mol. The molecule has 12 heteroatoms. The Balaban J connectivity index is 1.42. The fraction of sp³-hybridized carbons (Fsp3) is 0.568. The third-order valence-corrected chi connectivity index (χ3v) is 11.6. The number of aliphatic hydroxyl groups is 1. The van der Waals surface area contributed by atoms with Gasteiger partial charge in [0.2, 0.25) is 5.79 Å². The Hall–Kier alpha value is -3.84. The Morgan fingerprint density at radius 3 is 1.90 bits per heavy atom. The monoisotopic (exact) mass is 678 g/mol. The van der Waals surface area contributed by atoms with Crippen molar-refractivity contribution in [2.24, 2.45) is 28.6 Å². The van der Waals surface area contributed by atoms with Gasteiger partial charge in [-0.3, -0.25) is 9.59 Å². The van der Waals surface area contributed by atoms with Crippen LogP contribution in [0.15, 0.2) is 60.7 Å². The van der Waals surface area contributed by atoms with E-state index in [1.807, 2.05) is 20.8 Å². The Morgan fingerprint density at radius 1 is 0.755 bits per heavy atom. The molecule has 0 bridgehead atoms. The molecule has 3 saturated heterocycles. The molecule has 262 valence electrons. The molecule has 49 heavy (non-hydrogen) atoms. The Morgan fingerprint density at radius 2 is 1.33 bits per heavy atom. The number of esters is 4. The van der Waals surface area contributed by atoms with Crippen LogP contribution in [0.1, 0.15) is 68.7 Å². The highest BCUT2D eigenvalue weighted by atomic mass is 16.9. The molecule has 3 heterocycles. The Bertz CT molecular complexity index is 1640. The second-order valence-electron chi connectivity index (χ2n) is 14.8. The summed E-state index contributed by atoms with van der Waals surface area (Å²) in [6.45, 7) is 9.85. The first-order chi connectivity index (χ1) is 23.1. The van der Waals surface area contributed by atoms with Gasteiger partial charge >= 0.3 is 23.9 Å². The minimum atomic E-state index is -1.38. The van der Waals surface area contributed by atoms with Crippen molar-refractivity contribution in [3.63, 3.8) is 0 Å². The maximum Gasteiger partial charge on any atom is 0.338 e. The van der Waals surface area contributed by atoms with Gasteiger partial charge in [-0.2, -0.15) is 0 Å². The van der Waals surface area contributed by atoms with Crippen molar-refractivity contribution in [3.8, 4) is 0 Å². The number of hydrogen-bond donors (Lipinski definition) is 1. The zero-order chi connectivity index (χ0) is 35.1. The molecule has 3 aliphatic heterocycles. The Kier molecular flexibility index (Phi) is 7.98. The maximum atomic E-state index is 14.0. The van der Waals surface area contributed by atoms with Gasteiger partial charge in [-0.15, -0.1) is 0 Å². The van der Waals surface area contributed by atoms with Crippen LogP contribution in [0.5, 0.6) is 0 Å². The lowest BCUT2D eigenvalue weighted by Gasteiger charge is -2.65. The quantitative estimate of drug-likeness (QED) is 0.268. The molecule has 5 aliphatic rings. The lowest BCUT2D eigenvalue weighted by atomic mass is 9.43. The SMILES string of the molecule is CC(=O)OC1C(OC(C)=O)C(C)(C)C2CC3OC34OC3(C)OCC(O)C3C(OC(=O)c3ccccc3)C4C2(C)C1OC(=O)c1ccccc1. The van der Waals surface area contributed by atoms with E-state index in [-0.39, 0.29) is 12.2 Å². The Labute approximate surface area is 284 Å². The van der Waals surface area contributed by atoms with Gasteiger partial charge in [0.15, 0.2) is 11.9 Å². The average molecular weight is 679 g/mol. The number of epoxide rings is 1. The minimum Gasteiger partial charge on any atom is -0.458 e. The van der Waals surface area contributed by atoms with Gasteiger partial charge in [-0.05, 0) is 43.5 Å². The number of rotatable bonds is 6. The summed E-state index contributed by atoms with van der Waals surface area (Å²) < 4.78 is 44.1. The van der Waals surface area contributed by atoms with Crippen LogP contribution in [0, 0.1) is 28.6 Å². The van der Waals surface area contributed by atoms with Crippen molar-refractivity contribution in [2.75, 3.05) is 6.61 Å². The molecule has 2 aliphatic carbocycles. The number of fused-ring (bicyclic) bond motifs is 3. The van der Waals surface area contributed by atoms with Gasteiger partial charge in [0.05, 0.1) is 35.7 Å². The number of aliphatic hydroxyl groups excluding tert-OH is 1. The maximum absolute atomic E-state index is 14.0. The fourth-order valence-electron chi connectivity index (χ4n) is 9.65. The van der Waals surface area contributed by atoms with E-state index in [1.54, 1.807) is 67.6 Å². The third-order valence-electron chi connectivity index (χ3n) is 11.6. The van der Waals surface area contributed by atoms with E-state index in [1.165, 1.54) is 13.8 Å². The molecule has 0 radical (unpaired) electrons.